The molecule has 1 saturated heterocycles. The number of carbonyl (C=O) groups is 1. The van der Waals surface area contributed by atoms with Crippen molar-refractivity contribution in [1.29, 1.82) is 0 Å². The minimum atomic E-state index is 0.306. The maximum atomic E-state index is 11.9. The third kappa shape index (κ3) is 5.83. The Morgan fingerprint density at radius 3 is 2.88 bits per heavy atom. The van der Waals surface area contributed by atoms with Crippen LogP contribution in [-0.2, 0) is 17.9 Å². The molecule has 3 rings (SSSR count). The van der Waals surface area contributed by atoms with Crippen molar-refractivity contribution in [1.82, 2.24) is 15.2 Å². The monoisotopic (exact) mass is 359 g/mol. The first-order valence-electron chi connectivity index (χ1n) is 8.88. The molecule has 134 valence electrons. The van der Waals surface area contributed by atoms with Gasteiger partial charge in [-0.05, 0) is 30.5 Å². The lowest BCUT2D eigenvalue weighted by atomic mass is 10.2. The van der Waals surface area contributed by atoms with E-state index in [4.69, 9.17) is 4.74 Å². The maximum absolute atomic E-state index is 11.9. The second-order valence-corrected chi connectivity index (χ2v) is 7.00. The zero-order valence-corrected chi connectivity index (χ0v) is 15.3. The van der Waals surface area contributed by atoms with Gasteiger partial charge in [0, 0.05) is 38.0 Å². The topological polar surface area (TPSA) is 54.5 Å². The van der Waals surface area contributed by atoms with E-state index < -0.39 is 0 Å². The number of hydrogen-bond acceptors (Lipinski definition) is 5. The molecule has 1 fully saturated rings. The molecule has 2 aromatic rings. The summed E-state index contributed by atoms with van der Waals surface area (Å²) in [6.45, 7) is 3.84. The number of nitrogens with one attached hydrogen (secondary N) is 1. The number of benzene rings is 1. The van der Waals surface area contributed by atoms with E-state index in [9.17, 15) is 4.79 Å². The Balaban J connectivity index is 1.36. The van der Waals surface area contributed by atoms with E-state index in [1.807, 2.05) is 27.9 Å². The molecule has 1 amide bonds. The number of rotatable bonds is 8. The Labute approximate surface area is 153 Å². The number of nitrogens with zero attached hydrogens (tertiary/aromatic N) is 2. The summed E-state index contributed by atoms with van der Waals surface area (Å²) in [5.41, 5.74) is 3.98. The van der Waals surface area contributed by atoms with Gasteiger partial charge in [-0.25, -0.2) is 4.98 Å². The summed E-state index contributed by atoms with van der Waals surface area (Å²) in [5, 5.41) is 5.41. The van der Waals surface area contributed by atoms with Crippen molar-refractivity contribution in [2.24, 2.45) is 0 Å². The molecule has 0 atom stereocenters. The first-order chi connectivity index (χ1) is 12.3. The zero-order chi connectivity index (χ0) is 17.3. The highest BCUT2D eigenvalue weighted by Crippen LogP contribution is 2.14. The van der Waals surface area contributed by atoms with Crippen LogP contribution < -0.4 is 10.1 Å². The molecule has 0 spiro atoms. The van der Waals surface area contributed by atoms with Crippen LogP contribution in [0, 0.1) is 0 Å². The molecule has 1 aliphatic heterocycles. The van der Waals surface area contributed by atoms with Crippen LogP contribution in [0.2, 0.25) is 0 Å². The van der Waals surface area contributed by atoms with Crippen molar-refractivity contribution in [3.05, 3.63) is 46.4 Å². The predicted molar refractivity (Wildman–Crippen MR) is 99.6 cm³/mol. The van der Waals surface area contributed by atoms with Gasteiger partial charge in [0.25, 0.3) is 0 Å². The number of thiazole rings is 1. The van der Waals surface area contributed by atoms with Gasteiger partial charge in [-0.15, -0.1) is 11.3 Å². The molecule has 0 radical (unpaired) electrons. The smallest absolute Gasteiger partial charge is 0.222 e. The molecule has 0 unspecified atom stereocenters. The van der Waals surface area contributed by atoms with Gasteiger partial charge >= 0.3 is 0 Å². The molecule has 5 nitrogen and oxygen atoms in total. The average molecular weight is 359 g/mol. The van der Waals surface area contributed by atoms with Crippen LogP contribution in [0.4, 0.5) is 0 Å². The van der Waals surface area contributed by atoms with Crippen molar-refractivity contribution in [3.8, 4) is 5.75 Å². The van der Waals surface area contributed by atoms with Gasteiger partial charge in [0.2, 0.25) is 5.91 Å². The van der Waals surface area contributed by atoms with Gasteiger partial charge in [-0.3, -0.25) is 4.79 Å². The number of amides is 1. The van der Waals surface area contributed by atoms with Crippen molar-refractivity contribution in [2.45, 2.75) is 38.8 Å². The third-order valence-corrected chi connectivity index (χ3v) is 4.99. The summed E-state index contributed by atoms with van der Waals surface area (Å²) >= 11 is 1.58. The number of carbonyl (C=O) groups excluding carboxylic acids is 1. The van der Waals surface area contributed by atoms with Crippen molar-refractivity contribution in [2.75, 3.05) is 19.6 Å². The predicted octanol–water partition coefficient (Wildman–Crippen LogP) is 3.21. The lowest BCUT2D eigenvalue weighted by Gasteiger charge is -2.20. The summed E-state index contributed by atoms with van der Waals surface area (Å²) in [5.74, 6) is 1.16. The van der Waals surface area contributed by atoms with E-state index >= 15 is 0 Å². The number of ether oxygens (including phenoxy) is 1. The Hall–Kier alpha value is -1.92. The molecule has 2 heterocycles. The van der Waals surface area contributed by atoms with Crippen LogP contribution >= 0.6 is 11.3 Å². The highest BCUT2D eigenvalue weighted by Gasteiger charge is 2.15. The van der Waals surface area contributed by atoms with Crippen LogP contribution in [0.15, 0.2) is 35.2 Å². The molecule has 1 aromatic heterocycles. The largest absolute Gasteiger partial charge is 0.487 e. The van der Waals surface area contributed by atoms with Gasteiger partial charge in [-0.2, -0.15) is 0 Å². The summed E-state index contributed by atoms with van der Waals surface area (Å²) in [6, 6.07) is 8.12. The van der Waals surface area contributed by atoms with E-state index in [-0.39, 0.29) is 0 Å². The molecule has 6 heteroatoms. The van der Waals surface area contributed by atoms with Crippen molar-refractivity contribution in [3.63, 3.8) is 0 Å². The normalized spacial score (nSPS) is 15.2. The van der Waals surface area contributed by atoms with Crippen LogP contribution in [0.25, 0.3) is 0 Å². The first-order valence-corrected chi connectivity index (χ1v) is 9.83. The lowest BCUT2D eigenvalue weighted by molar-refractivity contribution is -0.130. The van der Waals surface area contributed by atoms with Crippen molar-refractivity contribution < 1.29 is 9.53 Å². The molecule has 25 heavy (non-hydrogen) atoms. The van der Waals surface area contributed by atoms with Gasteiger partial charge in [0.1, 0.15) is 12.4 Å². The Morgan fingerprint density at radius 1 is 1.20 bits per heavy atom. The maximum Gasteiger partial charge on any atom is 0.222 e. The summed E-state index contributed by atoms with van der Waals surface area (Å²) in [6.07, 6.45) is 4.06. The summed E-state index contributed by atoms with van der Waals surface area (Å²) < 4.78 is 5.71. The first kappa shape index (κ1) is 17.9. The van der Waals surface area contributed by atoms with E-state index in [1.54, 1.807) is 11.3 Å². The molecule has 0 bridgehead atoms. The Kier molecular flexibility index (Phi) is 6.82. The van der Waals surface area contributed by atoms with E-state index in [0.717, 1.165) is 50.5 Å². The third-order valence-electron chi connectivity index (χ3n) is 4.35. The second-order valence-electron chi connectivity index (χ2n) is 6.28. The second kappa shape index (κ2) is 9.53. The molecular weight excluding hydrogens is 334 g/mol. The highest BCUT2D eigenvalue weighted by molar-refractivity contribution is 7.07. The molecule has 1 N–H and O–H groups in total. The SMILES string of the molecule is O=C1CCCCCN1CCNCc1ccc(OCc2cscn2)cc1. The Bertz CT molecular complexity index is 643. The van der Waals surface area contributed by atoms with Crippen LogP contribution in [0.5, 0.6) is 5.75 Å². The van der Waals surface area contributed by atoms with Gasteiger partial charge in [0.15, 0.2) is 0 Å². The van der Waals surface area contributed by atoms with Gasteiger partial charge < -0.3 is 15.0 Å². The average Bonchev–Trinajstić information content (AvgIpc) is 3.07. The van der Waals surface area contributed by atoms with E-state index in [1.165, 1.54) is 12.0 Å². The molecular formula is C19H25N3O2S. The van der Waals surface area contributed by atoms with Crippen molar-refractivity contribution >= 4 is 17.2 Å². The summed E-state index contributed by atoms with van der Waals surface area (Å²) in [7, 11) is 0. The van der Waals surface area contributed by atoms with Gasteiger partial charge in [-0.1, -0.05) is 18.6 Å². The number of hydrogen-bond donors (Lipinski definition) is 1. The molecule has 1 aromatic carbocycles. The molecule has 0 saturated carbocycles. The molecule has 1 aliphatic rings. The Morgan fingerprint density at radius 2 is 2.08 bits per heavy atom. The zero-order valence-electron chi connectivity index (χ0n) is 14.4. The number of aromatic nitrogens is 1. The van der Waals surface area contributed by atoms with Crippen LogP contribution in [0.1, 0.15) is 36.9 Å². The highest BCUT2D eigenvalue weighted by atomic mass is 32.1. The number of likely N-dealkylation sites (tertiary alicyclic amines) is 1. The van der Waals surface area contributed by atoms with Crippen LogP contribution in [-0.4, -0.2) is 35.4 Å². The van der Waals surface area contributed by atoms with E-state index in [2.05, 4.69) is 22.4 Å². The van der Waals surface area contributed by atoms with Crippen LogP contribution in [0.3, 0.4) is 0 Å². The fourth-order valence-corrected chi connectivity index (χ4v) is 3.43. The fraction of sp³-hybridized carbons (Fsp3) is 0.474. The fourth-order valence-electron chi connectivity index (χ4n) is 2.89. The van der Waals surface area contributed by atoms with E-state index in [0.29, 0.717) is 18.9 Å². The summed E-state index contributed by atoms with van der Waals surface area (Å²) in [4.78, 5) is 18.1. The minimum absolute atomic E-state index is 0.306. The lowest BCUT2D eigenvalue weighted by Crippen LogP contribution is -2.36. The standard InChI is InChI=1S/C19H25N3O2S/c23-19-4-2-1-3-10-22(19)11-9-20-12-16-5-7-18(8-6-16)24-13-17-14-25-15-21-17/h5-8,14-15,20H,1-4,9-13H2. The molecule has 0 aliphatic carbocycles. The van der Waals surface area contributed by atoms with Gasteiger partial charge in [0.05, 0.1) is 11.2 Å². The minimum Gasteiger partial charge on any atom is -0.487 e. The quantitative estimate of drug-likeness (QED) is 0.736.